The molecule has 0 aromatic heterocycles. The maximum absolute atomic E-state index is 11.9. The predicted octanol–water partition coefficient (Wildman–Crippen LogP) is 2.19. The third-order valence-corrected chi connectivity index (χ3v) is 2.04. The highest BCUT2D eigenvalue weighted by atomic mass is 16.6. The first-order valence-electron chi connectivity index (χ1n) is 5.78. The van der Waals surface area contributed by atoms with E-state index in [4.69, 9.17) is 4.74 Å². The Hall–Kier alpha value is -0.770. The molecule has 0 unspecified atom stereocenters. The van der Waals surface area contributed by atoms with Crippen molar-refractivity contribution in [1.29, 1.82) is 0 Å². The summed E-state index contributed by atoms with van der Waals surface area (Å²) < 4.78 is 5.36. The zero-order chi connectivity index (χ0) is 12.9. The number of carbonyl (C=O) groups is 1. The van der Waals surface area contributed by atoms with Crippen molar-refractivity contribution in [2.24, 2.45) is 0 Å². The lowest BCUT2D eigenvalue weighted by Crippen LogP contribution is -2.44. The zero-order valence-corrected chi connectivity index (χ0v) is 11.7. The van der Waals surface area contributed by atoms with Gasteiger partial charge in [-0.15, -0.1) is 0 Å². The van der Waals surface area contributed by atoms with Crippen LogP contribution in [0.1, 0.15) is 34.6 Å². The Balaban J connectivity index is 4.36. The molecule has 0 bridgehead atoms. The van der Waals surface area contributed by atoms with Gasteiger partial charge in [-0.05, 0) is 48.7 Å². The van der Waals surface area contributed by atoms with Crippen LogP contribution in [0, 0.1) is 0 Å². The van der Waals surface area contributed by atoms with Crippen LogP contribution >= 0.6 is 0 Å². The van der Waals surface area contributed by atoms with Crippen molar-refractivity contribution in [3.05, 3.63) is 0 Å². The molecule has 0 spiro atoms. The highest BCUT2D eigenvalue weighted by molar-refractivity contribution is 5.68. The molecule has 0 aliphatic carbocycles. The van der Waals surface area contributed by atoms with Gasteiger partial charge in [0.2, 0.25) is 0 Å². The summed E-state index contributed by atoms with van der Waals surface area (Å²) in [6.45, 7) is 11.2. The average molecular weight is 230 g/mol. The molecule has 0 rings (SSSR count). The standard InChI is InChI=1S/C12H26N2O2/c1-10(2)14(9-8-13(6)7)11(15)16-12(3,4)5/h10H,8-9H2,1-7H3. The Labute approximate surface area is 99.5 Å². The van der Waals surface area contributed by atoms with Crippen LogP contribution in [0.5, 0.6) is 0 Å². The lowest BCUT2D eigenvalue weighted by molar-refractivity contribution is 0.0180. The van der Waals surface area contributed by atoms with Gasteiger partial charge in [0.25, 0.3) is 0 Å². The Morgan fingerprint density at radius 3 is 2.00 bits per heavy atom. The molecule has 0 aliphatic heterocycles. The molecule has 96 valence electrons. The van der Waals surface area contributed by atoms with E-state index in [1.807, 2.05) is 48.7 Å². The molecule has 0 aliphatic rings. The van der Waals surface area contributed by atoms with Crippen LogP contribution in [-0.4, -0.2) is 54.7 Å². The van der Waals surface area contributed by atoms with E-state index < -0.39 is 5.60 Å². The second-order valence-electron chi connectivity index (χ2n) is 5.57. The van der Waals surface area contributed by atoms with E-state index in [0.717, 1.165) is 6.54 Å². The van der Waals surface area contributed by atoms with E-state index in [-0.39, 0.29) is 12.1 Å². The van der Waals surface area contributed by atoms with Crippen LogP contribution in [0.15, 0.2) is 0 Å². The molecular weight excluding hydrogens is 204 g/mol. The maximum Gasteiger partial charge on any atom is 0.410 e. The summed E-state index contributed by atoms with van der Waals surface area (Å²) in [4.78, 5) is 15.7. The number of carbonyl (C=O) groups excluding carboxylic acids is 1. The Kier molecular flexibility index (Phi) is 5.79. The minimum absolute atomic E-state index is 0.162. The highest BCUT2D eigenvalue weighted by Crippen LogP contribution is 2.11. The van der Waals surface area contributed by atoms with Gasteiger partial charge in [-0.1, -0.05) is 0 Å². The minimum atomic E-state index is -0.428. The average Bonchev–Trinajstić information content (AvgIpc) is 1.98. The van der Waals surface area contributed by atoms with E-state index in [2.05, 4.69) is 4.90 Å². The van der Waals surface area contributed by atoms with E-state index in [1.165, 1.54) is 0 Å². The molecule has 0 saturated carbocycles. The van der Waals surface area contributed by atoms with E-state index in [9.17, 15) is 4.79 Å². The number of amides is 1. The second kappa shape index (κ2) is 6.09. The van der Waals surface area contributed by atoms with Crippen molar-refractivity contribution in [2.45, 2.75) is 46.3 Å². The molecule has 0 heterocycles. The predicted molar refractivity (Wildman–Crippen MR) is 66.6 cm³/mol. The molecule has 0 aromatic carbocycles. The Morgan fingerprint density at radius 2 is 1.69 bits per heavy atom. The van der Waals surface area contributed by atoms with Gasteiger partial charge in [0, 0.05) is 19.1 Å². The second-order valence-corrected chi connectivity index (χ2v) is 5.57. The molecule has 0 saturated heterocycles. The summed E-state index contributed by atoms with van der Waals surface area (Å²) >= 11 is 0. The lowest BCUT2D eigenvalue weighted by atomic mass is 10.2. The smallest absolute Gasteiger partial charge is 0.410 e. The van der Waals surface area contributed by atoms with Gasteiger partial charge in [0.1, 0.15) is 5.60 Å². The molecular formula is C12H26N2O2. The van der Waals surface area contributed by atoms with Crippen molar-refractivity contribution >= 4 is 6.09 Å². The van der Waals surface area contributed by atoms with Gasteiger partial charge in [-0.25, -0.2) is 4.79 Å². The first-order chi connectivity index (χ1) is 7.13. The van der Waals surface area contributed by atoms with Crippen molar-refractivity contribution in [3.63, 3.8) is 0 Å². The molecule has 1 amide bonds. The van der Waals surface area contributed by atoms with Gasteiger partial charge >= 0.3 is 6.09 Å². The molecule has 4 heteroatoms. The van der Waals surface area contributed by atoms with Gasteiger partial charge < -0.3 is 14.5 Å². The largest absolute Gasteiger partial charge is 0.444 e. The Morgan fingerprint density at radius 1 is 1.19 bits per heavy atom. The first kappa shape index (κ1) is 15.2. The fourth-order valence-corrected chi connectivity index (χ4v) is 1.19. The van der Waals surface area contributed by atoms with Crippen molar-refractivity contribution in [1.82, 2.24) is 9.80 Å². The summed E-state index contributed by atoms with van der Waals surface area (Å²) in [6.07, 6.45) is -0.232. The SMILES string of the molecule is CC(C)N(CCN(C)C)C(=O)OC(C)(C)C. The van der Waals surface area contributed by atoms with Crippen molar-refractivity contribution < 1.29 is 9.53 Å². The lowest BCUT2D eigenvalue weighted by Gasteiger charge is -2.30. The summed E-state index contributed by atoms with van der Waals surface area (Å²) in [5, 5.41) is 0. The van der Waals surface area contributed by atoms with E-state index >= 15 is 0 Å². The molecule has 0 fully saturated rings. The number of hydrogen-bond donors (Lipinski definition) is 0. The monoisotopic (exact) mass is 230 g/mol. The van der Waals surface area contributed by atoms with Crippen LogP contribution in [0.25, 0.3) is 0 Å². The first-order valence-corrected chi connectivity index (χ1v) is 5.78. The van der Waals surface area contributed by atoms with Crippen LogP contribution in [0.4, 0.5) is 4.79 Å². The van der Waals surface area contributed by atoms with Gasteiger partial charge in [-0.3, -0.25) is 0 Å². The molecule has 0 N–H and O–H groups in total. The maximum atomic E-state index is 11.9. The Bertz CT molecular complexity index is 220. The molecule has 0 aromatic rings. The molecule has 0 atom stereocenters. The zero-order valence-electron chi connectivity index (χ0n) is 11.7. The third kappa shape index (κ3) is 6.67. The van der Waals surface area contributed by atoms with Gasteiger partial charge in [0.05, 0.1) is 0 Å². The third-order valence-electron chi connectivity index (χ3n) is 2.04. The van der Waals surface area contributed by atoms with E-state index in [0.29, 0.717) is 6.54 Å². The topological polar surface area (TPSA) is 32.8 Å². The van der Waals surface area contributed by atoms with Crippen LogP contribution in [-0.2, 0) is 4.74 Å². The number of rotatable bonds is 4. The van der Waals surface area contributed by atoms with Gasteiger partial charge in [-0.2, -0.15) is 0 Å². The number of hydrogen-bond acceptors (Lipinski definition) is 3. The summed E-state index contributed by atoms with van der Waals surface area (Å²) in [6, 6.07) is 0.162. The van der Waals surface area contributed by atoms with Crippen LogP contribution < -0.4 is 0 Å². The molecule has 16 heavy (non-hydrogen) atoms. The summed E-state index contributed by atoms with van der Waals surface area (Å²) in [5.74, 6) is 0. The number of nitrogens with zero attached hydrogens (tertiary/aromatic N) is 2. The van der Waals surface area contributed by atoms with Crippen molar-refractivity contribution in [3.8, 4) is 0 Å². The van der Waals surface area contributed by atoms with Gasteiger partial charge in [0.15, 0.2) is 0 Å². The fraction of sp³-hybridized carbons (Fsp3) is 0.917. The quantitative estimate of drug-likeness (QED) is 0.742. The highest BCUT2D eigenvalue weighted by Gasteiger charge is 2.23. The number of ether oxygens (including phenoxy) is 1. The van der Waals surface area contributed by atoms with E-state index in [1.54, 1.807) is 4.90 Å². The number of likely N-dealkylation sites (N-methyl/N-ethyl adjacent to an activating group) is 1. The molecule has 4 nitrogen and oxygen atoms in total. The normalized spacial score (nSPS) is 12.1. The van der Waals surface area contributed by atoms with Crippen LogP contribution in [0.3, 0.4) is 0 Å². The summed E-state index contributed by atoms with van der Waals surface area (Å²) in [5.41, 5.74) is -0.428. The minimum Gasteiger partial charge on any atom is -0.444 e. The molecule has 0 radical (unpaired) electrons. The van der Waals surface area contributed by atoms with Crippen molar-refractivity contribution in [2.75, 3.05) is 27.2 Å². The van der Waals surface area contributed by atoms with Crippen LogP contribution in [0.2, 0.25) is 0 Å². The fourth-order valence-electron chi connectivity index (χ4n) is 1.19. The summed E-state index contributed by atoms with van der Waals surface area (Å²) in [7, 11) is 3.99.